The first-order valence-electron chi connectivity index (χ1n) is 6.37. The molecule has 18 heavy (non-hydrogen) atoms. The standard InChI is InChI=1S/C14H22N2O2/c1-9-12(17-3)6-5-11(14(9)18-4)13-10(2)15-7-8-16-13/h5-6,10,13,15-16H,7-8H2,1-4H3. The quantitative estimate of drug-likeness (QED) is 0.856. The Balaban J connectivity index is 2.40. The van der Waals surface area contributed by atoms with E-state index in [4.69, 9.17) is 9.47 Å². The van der Waals surface area contributed by atoms with Crippen molar-refractivity contribution in [2.75, 3.05) is 27.3 Å². The van der Waals surface area contributed by atoms with Crippen molar-refractivity contribution in [3.05, 3.63) is 23.3 Å². The summed E-state index contributed by atoms with van der Waals surface area (Å²) in [5.74, 6) is 1.79. The van der Waals surface area contributed by atoms with Crippen LogP contribution in [0.15, 0.2) is 12.1 Å². The lowest BCUT2D eigenvalue weighted by molar-refractivity contribution is 0.327. The molecule has 0 aromatic heterocycles. The van der Waals surface area contributed by atoms with Crippen LogP contribution in [0.4, 0.5) is 0 Å². The van der Waals surface area contributed by atoms with E-state index in [1.165, 1.54) is 5.56 Å². The molecule has 4 heteroatoms. The zero-order chi connectivity index (χ0) is 13.1. The molecular weight excluding hydrogens is 228 g/mol. The average Bonchev–Trinajstić information content (AvgIpc) is 2.39. The number of rotatable bonds is 3. The lowest BCUT2D eigenvalue weighted by Gasteiger charge is -2.33. The van der Waals surface area contributed by atoms with Gasteiger partial charge in [0.25, 0.3) is 0 Å². The van der Waals surface area contributed by atoms with Gasteiger partial charge in [0, 0.05) is 30.3 Å². The van der Waals surface area contributed by atoms with Crippen molar-refractivity contribution < 1.29 is 9.47 Å². The van der Waals surface area contributed by atoms with Crippen LogP contribution in [0.1, 0.15) is 24.1 Å². The van der Waals surface area contributed by atoms with Crippen LogP contribution < -0.4 is 20.1 Å². The molecule has 2 unspecified atom stereocenters. The molecule has 1 fully saturated rings. The molecule has 1 aliphatic rings. The summed E-state index contributed by atoms with van der Waals surface area (Å²) in [6.07, 6.45) is 0. The number of methoxy groups -OCH3 is 2. The molecule has 1 aromatic carbocycles. The first kappa shape index (κ1) is 13.2. The number of piperazine rings is 1. The van der Waals surface area contributed by atoms with Crippen LogP contribution in [0.3, 0.4) is 0 Å². The molecule has 100 valence electrons. The van der Waals surface area contributed by atoms with Gasteiger partial charge in [-0.2, -0.15) is 0 Å². The van der Waals surface area contributed by atoms with E-state index in [-0.39, 0.29) is 6.04 Å². The molecule has 1 aromatic rings. The number of ether oxygens (including phenoxy) is 2. The van der Waals surface area contributed by atoms with E-state index in [1.54, 1.807) is 14.2 Å². The maximum absolute atomic E-state index is 5.57. The smallest absolute Gasteiger partial charge is 0.130 e. The number of nitrogens with one attached hydrogen (secondary N) is 2. The van der Waals surface area contributed by atoms with Crippen LogP contribution in [0.2, 0.25) is 0 Å². The summed E-state index contributed by atoms with van der Waals surface area (Å²) in [4.78, 5) is 0. The number of benzene rings is 1. The summed E-state index contributed by atoms with van der Waals surface area (Å²) < 4.78 is 10.9. The Morgan fingerprint density at radius 2 is 1.83 bits per heavy atom. The summed E-state index contributed by atoms with van der Waals surface area (Å²) in [7, 11) is 3.40. The molecule has 1 aliphatic heterocycles. The van der Waals surface area contributed by atoms with Gasteiger partial charge in [-0.3, -0.25) is 0 Å². The molecule has 1 heterocycles. The molecule has 0 saturated carbocycles. The topological polar surface area (TPSA) is 42.5 Å². The Hall–Kier alpha value is -1.26. The maximum Gasteiger partial charge on any atom is 0.130 e. The first-order chi connectivity index (χ1) is 8.69. The minimum Gasteiger partial charge on any atom is -0.496 e. The second kappa shape index (κ2) is 5.59. The molecule has 0 bridgehead atoms. The summed E-state index contributed by atoms with van der Waals surface area (Å²) >= 11 is 0. The third-order valence-electron chi connectivity index (χ3n) is 3.60. The third-order valence-corrected chi connectivity index (χ3v) is 3.60. The van der Waals surface area contributed by atoms with Crippen LogP contribution in [0.25, 0.3) is 0 Å². The summed E-state index contributed by atoms with van der Waals surface area (Å²) in [5.41, 5.74) is 2.24. The number of hydrogen-bond donors (Lipinski definition) is 2. The summed E-state index contributed by atoms with van der Waals surface area (Å²) in [6.45, 7) is 6.20. The molecule has 0 spiro atoms. The average molecular weight is 250 g/mol. The molecule has 0 amide bonds. The lowest BCUT2D eigenvalue weighted by atomic mass is 9.95. The van der Waals surface area contributed by atoms with Crippen LogP contribution in [-0.4, -0.2) is 33.4 Å². The van der Waals surface area contributed by atoms with Gasteiger partial charge in [0.2, 0.25) is 0 Å². The van der Waals surface area contributed by atoms with Gasteiger partial charge in [0.05, 0.1) is 20.3 Å². The number of hydrogen-bond acceptors (Lipinski definition) is 4. The van der Waals surface area contributed by atoms with Crippen molar-refractivity contribution in [2.24, 2.45) is 0 Å². The maximum atomic E-state index is 5.57. The highest BCUT2D eigenvalue weighted by atomic mass is 16.5. The molecule has 2 rings (SSSR count). The van der Waals surface area contributed by atoms with Crippen LogP contribution >= 0.6 is 0 Å². The monoisotopic (exact) mass is 250 g/mol. The Kier molecular flexibility index (Phi) is 4.09. The highest BCUT2D eigenvalue weighted by Gasteiger charge is 2.26. The fraction of sp³-hybridized carbons (Fsp3) is 0.571. The Morgan fingerprint density at radius 1 is 1.11 bits per heavy atom. The normalized spacial score (nSPS) is 23.8. The van der Waals surface area contributed by atoms with Gasteiger partial charge in [-0.1, -0.05) is 0 Å². The van der Waals surface area contributed by atoms with E-state index in [1.807, 2.05) is 13.0 Å². The van der Waals surface area contributed by atoms with E-state index >= 15 is 0 Å². The molecule has 0 aliphatic carbocycles. The molecule has 2 N–H and O–H groups in total. The van der Waals surface area contributed by atoms with Gasteiger partial charge in [0.15, 0.2) is 0 Å². The van der Waals surface area contributed by atoms with Crippen LogP contribution in [0.5, 0.6) is 11.5 Å². The van der Waals surface area contributed by atoms with Gasteiger partial charge in [-0.05, 0) is 26.0 Å². The summed E-state index contributed by atoms with van der Waals surface area (Å²) in [5, 5.41) is 7.02. The molecule has 2 atom stereocenters. The second-order valence-corrected chi connectivity index (χ2v) is 4.69. The van der Waals surface area contributed by atoms with Crippen molar-refractivity contribution in [2.45, 2.75) is 25.9 Å². The van der Waals surface area contributed by atoms with Gasteiger partial charge < -0.3 is 20.1 Å². The van der Waals surface area contributed by atoms with E-state index < -0.39 is 0 Å². The zero-order valence-corrected chi connectivity index (χ0v) is 11.5. The SMILES string of the molecule is COc1ccc(C2NCCNC2C)c(OC)c1C. The predicted molar refractivity (Wildman–Crippen MR) is 72.5 cm³/mol. The molecular formula is C14H22N2O2. The first-order valence-corrected chi connectivity index (χ1v) is 6.37. The molecule has 0 radical (unpaired) electrons. The van der Waals surface area contributed by atoms with Gasteiger partial charge in [-0.15, -0.1) is 0 Å². The minimum atomic E-state index is 0.276. The largest absolute Gasteiger partial charge is 0.496 e. The Bertz CT molecular complexity index is 421. The van der Waals surface area contributed by atoms with Crippen molar-refractivity contribution in [3.8, 4) is 11.5 Å². The van der Waals surface area contributed by atoms with Gasteiger partial charge >= 0.3 is 0 Å². The van der Waals surface area contributed by atoms with Crippen LogP contribution in [0, 0.1) is 6.92 Å². The zero-order valence-electron chi connectivity index (χ0n) is 11.5. The fourth-order valence-electron chi connectivity index (χ4n) is 2.63. The van der Waals surface area contributed by atoms with E-state index in [0.717, 1.165) is 30.2 Å². The third kappa shape index (κ3) is 2.31. The second-order valence-electron chi connectivity index (χ2n) is 4.69. The van der Waals surface area contributed by atoms with Crippen molar-refractivity contribution in [1.82, 2.24) is 10.6 Å². The highest BCUT2D eigenvalue weighted by molar-refractivity contribution is 5.51. The van der Waals surface area contributed by atoms with Crippen molar-refractivity contribution in [3.63, 3.8) is 0 Å². The van der Waals surface area contributed by atoms with E-state index in [0.29, 0.717) is 6.04 Å². The van der Waals surface area contributed by atoms with E-state index in [2.05, 4.69) is 23.6 Å². The fourth-order valence-corrected chi connectivity index (χ4v) is 2.63. The van der Waals surface area contributed by atoms with Crippen molar-refractivity contribution >= 4 is 0 Å². The van der Waals surface area contributed by atoms with E-state index in [9.17, 15) is 0 Å². The Morgan fingerprint density at radius 3 is 2.44 bits per heavy atom. The summed E-state index contributed by atoms with van der Waals surface area (Å²) in [6, 6.07) is 4.76. The van der Waals surface area contributed by atoms with Gasteiger partial charge in [0.1, 0.15) is 11.5 Å². The molecule has 4 nitrogen and oxygen atoms in total. The Labute approximate surface area is 109 Å². The predicted octanol–water partition coefficient (Wildman–Crippen LogP) is 1.63. The lowest BCUT2D eigenvalue weighted by Crippen LogP contribution is -2.49. The van der Waals surface area contributed by atoms with Gasteiger partial charge in [-0.25, -0.2) is 0 Å². The minimum absolute atomic E-state index is 0.276. The van der Waals surface area contributed by atoms with Crippen LogP contribution in [-0.2, 0) is 0 Å². The molecule has 1 saturated heterocycles. The highest BCUT2D eigenvalue weighted by Crippen LogP contribution is 2.36. The van der Waals surface area contributed by atoms with Crippen molar-refractivity contribution in [1.29, 1.82) is 0 Å².